The molecule has 2 rings (SSSR count). The van der Waals surface area contributed by atoms with Gasteiger partial charge in [0, 0.05) is 11.1 Å². The van der Waals surface area contributed by atoms with Gasteiger partial charge in [0.2, 0.25) is 10.0 Å². The maximum atomic E-state index is 12.3. The van der Waals surface area contributed by atoms with Crippen LogP contribution in [-0.4, -0.2) is 39.4 Å². The van der Waals surface area contributed by atoms with Crippen molar-refractivity contribution in [2.45, 2.75) is 31.2 Å². The predicted octanol–water partition coefficient (Wildman–Crippen LogP) is 3.47. The van der Waals surface area contributed by atoms with E-state index >= 15 is 0 Å². The predicted molar refractivity (Wildman–Crippen MR) is 109 cm³/mol. The number of hydrogen-bond acceptors (Lipinski definition) is 6. The standard InChI is InChI=1S/C20H22ClNO6S/c1-20(2,3)22-29(25,26)15-8-5-13(6-9-15)19(24)28-12-17(23)14-7-10-18(27-4)16(21)11-14/h5-11,22H,12H2,1-4H3. The normalized spacial score (nSPS) is 11.8. The minimum absolute atomic E-state index is 0.0212. The van der Waals surface area contributed by atoms with E-state index in [1.807, 2.05) is 0 Å². The van der Waals surface area contributed by atoms with Crippen LogP contribution in [0.3, 0.4) is 0 Å². The molecule has 0 aliphatic carbocycles. The highest BCUT2D eigenvalue weighted by atomic mass is 35.5. The Kier molecular flexibility index (Phi) is 7.05. The number of carbonyl (C=O) groups excluding carboxylic acids is 2. The molecule has 0 bridgehead atoms. The van der Waals surface area contributed by atoms with Crippen LogP contribution in [0.4, 0.5) is 0 Å². The molecule has 0 heterocycles. The number of rotatable bonds is 7. The number of ketones is 1. The van der Waals surface area contributed by atoms with Crippen LogP contribution in [0.5, 0.6) is 5.75 Å². The second kappa shape index (κ2) is 8.94. The molecule has 0 amide bonds. The molecule has 0 fully saturated rings. The number of carbonyl (C=O) groups is 2. The summed E-state index contributed by atoms with van der Waals surface area (Å²) in [6, 6.07) is 9.75. The lowest BCUT2D eigenvalue weighted by atomic mass is 10.1. The number of Topliss-reactive ketones (excluding diaryl/α,β-unsaturated/α-hetero) is 1. The molecule has 0 radical (unpaired) electrons. The summed E-state index contributed by atoms with van der Waals surface area (Å²) in [5.41, 5.74) is -0.236. The summed E-state index contributed by atoms with van der Waals surface area (Å²) in [5.74, 6) is -0.752. The Morgan fingerprint density at radius 3 is 2.14 bits per heavy atom. The first kappa shape index (κ1) is 22.9. The minimum atomic E-state index is -3.71. The van der Waals surface area contributed by atoms with Gasteiger partial charge in [0.1, 0.15) is 5.75 Å². The van der Waals surface area contributed by atoms with Gasteiger partial charge in [0.25, 0.3) is 0 Å². The van der Waals surface area contributed by atoms with Crippen molar-refractivity contribution in [3.63, 3.8) is 0 Å². The van der Waals surface area contributed by atoms with Gasteiger partial charge in [-0.15, -0.1) is 0 Å². The Hall–Kier alpha value is -2.42. The van der Waals surface area contributed by atoms with Gasteiger partial charge in [-0.1, -0.05) is 11.6 Å². The van der Waals surface area contributed by atoms with Gasteiger partial charge in [-0.2, -0.15) is 0 Å². The molecule has 0 saturated carbocycles. The highest BCUT2D eigenvalue weighted by Crippen LogP contribution is 2.25. The Labute approximate surface area is 175 Å². The molecule has 2 aromatic rings. The number of esters is 1. The van der Waals surface area contributed by atoms with E-state index in [4.69, 9.17) is 21.1 Å². The number of hydrogen-bond donors (Lipinski definition) is 1. The minimum Gasteiger partial charge on any atom is -0.495 e. The van der Waals surface area contributed by atoms with Crippen LogP contribution in [0.1, 0.15) is 41.5 Å². The number of sulfonamides is 1. The lowest BCUT2D eigenvalue weighted by Gasteiger charge is -2.20. The van der Waals surface area contributed by atoms with E-state index in [0.717, 1.165) is 0 Å². The van der Waals surface area contributed by atoms with Crippen LogP contribution in [0, 0.1) is 0 Å². The molecule has 7 nitrogen and oxygen atoms in total. The van der Waals surface area contributed by atoms with E-state index in [0.29, 0.717) is 5.75 Å². The summed E-state index contributed by atoms with van der Waals surface area (Å²) in [6.45, 7) is 4.70. The van der Waals surface area contributed by atoms with Crippen LogP contribution in [0.15, 0.2) is 47.4 Å². The van der Waals surface area contributed by atoms with Gasteiger partial charge in [0.15, 0.2) is 12.4 Å². The van der Waals surface area contributed by atoms with E-state index < -0.39 is 33.9 Å². The summed E-state index contributed by atoms with van der Waals surface area (Å²) in [5, 5.41) is 0.269. The third kappa shape index (κ3) is 6.28. The molecule has 29 heavy (non-hydrogen) atoms. The monoisotopic (exact) mass is 439 g/mol. The van der Waals surface area contributed by atoms with E-state index in [1.54, 1.807) is 26.8 Å². The van der Waals surface area contributed by atoms with E-state index in [-0.39, 0.29) is 21.0 Å². The highest BCUT2D eigenvalue weighted by molar-refractivity contribution is 7.89. The highest BCUT2D eigenvalue weighted by Gasteiger charge is 2.22. The van der Waals surface area contributed by atoms with Crippen molar-refractivity contribution >= 4 is 33.4 Å². The fraction of sp³-hybridized carbons (Fsp3) is 0.300. The molecule has 0 saturated heterocycles. The lowest BCUT2D eigenvalue weighted by Crippen LogP contribution is -2.40. The third-order valence-corrected chi connectivity index (χ3v) is 5.72. The van der Waals surface area contributed by atoms with Crippen molar-refractivity contribution in [3.8, 4) is 5.75 Å². The van der Waals surface area contributed by atoms with Crippen molar-refractivity contribution in [1.29, 1.82) is 0 Å². The molecular formula is C20H22ClNO6S. The zero-order valence-electron chi connectivity index (χ0n) is 16.5. The smallest absolute Gasteiger partial charge is 0.338 e. The Balaban J connectivity index is 2.02. The molecule has 1 N–H and O–H groups in total. The van der Waals surface area contributed by atoms with E-state index in [2.05, 4.69) is 4.72 Å². The second-order valence-corrected chi connectivity index (χ2v) is 9.32. The zero-order valence-corrected chi connectivity index (χ0v) is 18.1. The van der Waals surface area contributed by atoms with Crippen molar-refractivity contribution in [2.24, 2.45) is 0 Å². The quantitative estimate of drug-likeness (QED) is 0.524. The summed E-state index contributed by atoms with van der Waals surface area (Å²) >= 11 is 5.98. The molecule has 0 spiro atoms. The fourth-order valence-corrected chi connectivity index (χ4v) is 4.05. The number of methoxy groups -OCH3 is 1. The molecule has 0 aliphatic rings. The fourth-order valence-electron chi connectivity index (χ4n) is 2.37. The molecule has 0 aliphatic heterocycles. The molecule has 156 valence electrons. The van der Waals surface area contributed by atoms with Gasteiger partial charge in [-0.05, 0) is 63.2 Å². The van der Waals surface area contributed by atoms with Crippen LogP contribution >= 0.6 is 11.6 Å². The third-order valence-electron chi connectivity index (χ3n) is 3.65. The lowest BCUT2D eigenvalue weighted by molar-refractivity contribution is 0.0474. The van der Waals surface area contributed by atoms with E-state index in [1.165, 1.54) is 43.5 Å². The van der Waals surface area contributed by atoms with Gasteiger partial charge >= 0.3 is 5.97 Å². The van der Waals surface area contributed by atoms with Gasteiger partial charge < -0.3 is 9.47 Å². The number of ether oxygens (including phenoxy) is 2. The largest absolute Gasteiger partial charge is 0.495 e. The summed E-state index contributed by atoms with van der Waals surface area (Å²) < 4.78 is 37.1. The van der Waals surface area contributed by atoms with Crippen LogP contribution < -0.4 is 9.46 Å². The zero-order chi connectivity index (χ0) is 21.8. The summed E-state index contributed by atoms with van der Waals surface area (Å²) in [4.78, 5) is 24.4. The van der Waals surface area contributed by atoms with Crippen molar-refractivity contribution in [3.05, 3.63) is 58.6 Å². The number of halogens is 1. The first-order valence-electron chi connectivity index (χ1n) is 8.61. The Morgan fingerprint density at radius 1 is 1.03 bits per heavy atom. The molecule has 0 unspecified atom stereocenters. The van der Waals surface area contributed by atoms with Crippen LogP contribution in [0.25, 0.3) is 0 Å². The van der Waals surface area contributed by atoms with Crippen LogP contribution in [0.2, 0.25) is 5.02 Å². The first-order chi connectivity index (χ1) is 13.4. The average Bonchev–Trinajstić information content (AvgIpc) is 2.64. The maximum Gasteiger partial charge on any atom is 0.338 e. The topological polar surface area (TPSA) is 98.8 Å². The first-order valence-corrected chi connectivity index (χ1v) is 10.5. The molecule has 0 atom stereocenters. The van der Waals surface area contributed by atoms with Crippen molar-refractivity contribution in [1.82, 2.24) is 4.72 Å². The Morgan fingerprint density at radius 2 is 1.62 bits per heavy atom. The van der Waals surface area contributed by atoms with Gasteiger partial charge in [0.05, 0.1) is 22.6 Å². The second-order valence-electron chi connectivity index (χ2n) is 7.23. The molecular weight excluding hydrogens is 418 g/mol. The van der Waals surface area contributed by atoms with Crippen LogP contribution in [-0.2, 0) is 14.8 Å². The summed E-state index contributed by atoms with van der Waals surface area (Å²) in [6.07, 6.45) is 0. The van der Waals surface area contributed by atoms with Crippen molar-refractivity contribution in [2.75, 3.05) is 13.7 Å². The van der Waals surface area contributed by atoms with E-state index in [9.17, 15) is 18.0 Å². The molecule has 2 aromatic carbocycles. The van der Waals surface area contributed by atoms with Gasteiger partial charge in [-0.3, -0.25) is 4.79 Å². The van der Waals surface area contributed by atoms with Gasteiger partial charge in [-0.25, -0.2) is 17.9 Å². The number of nitrogens with one attached hydrogen (secondary N) is 1. The summed E-state index contributed by atoms with van der Waals surface area (Å²) in [7, 11) is -2.25. The SMILES string of the molecule is COc1ccc(C(=O)COC(=O)c2ccc(S(=O)(=O)NC(C)(C)C)cc2)cc1Cl. The van der Waals surface area contributed by atoms with Crippen molar-refractivity contribution < 1.29 is 27.5 Å². The molecule has 9 heteroatoms. The molecule has 0 aromatic heterocycles. The number of benzene rings is 2. The Bertz CT molecular complexity index is 1010. The maximum absolute atomic E-state index is 12.3. The average molecular weight is 440 g/mol.